The molecule has 0 aliphatic rings. The summed E-state index contributed by atoms with van der Waals surface area (Å²) >= 11 is 3.54. The van der Waals surface area contributed by atoms with E-state index in [1.54, 1.807) is 6.92 Å². The molecule has 1 aromatic heterocycles. The average Bonchev–Trinajstić information content (AvgIpc) is 2.75. The second-order valence-electron chi connectivity index (χ2n) is 7.87. The molecular formula is C24H33BrN2O2. The lowest BCUT2D eigenvalue weighted by Crippen LogP contribution is -2.40. The Morgan fingerprint density at radius 1 is 1.03 bits per heavy atom. The van der Waals surface area contributed by atoms with E-state index in [-0.39, 0.29) is 4.83 Å². The van der Waals surface area contributed by atoms with Crippen molar-refractivity contribution in [2.75, 3.05) is 0 Å². The summed E-state index contributed by atoms with van der Waals surface area (Å²) in [6.07, 6.45) is 13.0. The van der Waals surface area contributed by atoms with Crippen LogP contribution < -0.4 is 0 Å². The molecule has 0 radical (unpaired) electrons. The molecule has 158 valence electrons. The number of aliphatic carboxylic acids is 1. The van der Waals surface area contributed by atoms with Gasteiger partial charge in [-0.2, -0.15) is 0 Å². The number of nitrogens with zero attached hydrogens (tertiary/aromatic N) is 2. The molecule has 2 unspecified atom stereocenters. The predicted octanol–water partition coefficient (Wildman–Crippen LogP) is 6.56. The fourth-order valence-electron chi connectivity index (χ4n) is 3.55. The minimum Gasteiger partial charge on any atom is -0.481 e. The van der Waals surface area contributed by atoms with Crippen molar-refractivity contribution < 1.29 is 9.90 Å². The van der Waals surface area contributed by atoms with Crippen molar-refractivity contribution in [2.45, 2.75) is 82.4 Å². The molecule has 29 heavy (non-hydrogen) atoms. The van der Waals surface area contributed by atoms with Gasteiger partial charge >= 0.3 is 5.97 Å². The number of carboxylic acids is 1. The van der Waals surface area contributed by atoms with Gasteiger partial charge in [-0.3, -0.25) is 14.8 Å². The van der Waals surface area contributed by atoms with Gasteiger partial charge in [-0.05, 0) is 31.7 Å². The van der Waals surface area contributed by atoms with E-state index in [1.165, 1.54) is 32.1 Å². The standard InChI is InChI=1S/C24H33BrN2O2/c1-4-6-7-8-9-10-11-20-16-27-21(17-26-20)18-12-14-19(15-13-18)24(3,23(28)29)22(25)5-2/h12-17,22H,4-11H2,1-3H3,(H,28,29). The first-order chi connectivity index (χ1) is 13.9. The Balaban J connectivity index is 2.02. The monoisotopic (exact) mass is 460 g/mol. The Hall–Kier alpha value is -1.75. The Labute approximate surface area is 183 Å². The summed E-state index contributed by atoms with van der Waals surface area (Å²) in [4.78, 5) is 20.9. The molecule has 1 heterocycles. The number of carboxylic acid groups (broad SMARTS) is 1. The fourth-order valence-corrected chi connectivity index (χ4v) is 4.01. The lowest BCUT2D eigenvalue weighted by molar-refractivity contribution is -0.143. The molecule has 2 rings (SSSR count). The number of rotatable bonds is 12. The van der Waals surface area contributed by atoms with Crippen LogP contribution >= 0.6 is 15.9 Å². The summed E-state index contributed by atoms with van der Waals surface area (Å²) in [5.41, 5.74) is 2.60. The number of alkyl halides is 1. The van der Waals surface area contributed by atoms with Crippen molar-refractivity contribution in [3.8, 4) is 11.3 Å². The van der Waals surface area contributed by atoms with Crippen molar-refractivity contribution in [1.29, 1.82) is 0 Å². The minimum atomic E-state index is -0.972. The predicted molar refractivity (Wildman–Crippen MR) is 123 cm³/mol. The second kappa shape index (κ2) is 11.4. The SMILES string of the molecule is CCCCCCCCc1cnc(-c2ccc(C(C)(C(=O)O)C(Br)CC)cc2)cn1. The van der Waals surface area contributed by atoms with E-state index in [0.717, 1.165) is 41.8 Å². The summed E-state index contributed by atoms with van der Waals surface area (Å²) in [5, 5.41) is 9.78. The van der Waals surface area contributed by atoms with Gasteiger partial charge in [-0.25, -0.2) is 0 Å². The van der Waals surface area contributed by atoms with Crippen LogP contribution in [0.25, 0.3) is 11.3 Å². The number of aryl methyl sites for hydroxylation is 1. The normalized spacial score (nSPS) is 14.3. The second-order valence-corrected chi connectivity index (χ2v) is 8.98. The van der Waals surface area contributed by atoms with Crippen LogP contribution in [0.2, 0.25) is 0 Å². The Kier molecular flexibility index (Phi) is 9.28. The molecule has 0 amide bonds. The Bertz CT molecular complexity index is 761. The highest BCUT2D eigenvalue weighted by Gasteiger charge is 2.41. The molecule has 0 saturated heterocycles. The van der Waals surface area contributed by atoms with Gasteiger partial charge in [0.25, 0.3) is 0 Å². The van der Waals surface area contributed by atoms with Crippen LogP contribution in [0.4, 0.5) is 0 Å². The van der Waals surface area contributed by atoms with Crippen LogP contribution in [-0.2, 0) is 16.6 Å². The van der Waals surface area contributed by atoms with E-state index in [4.69, 9.17) is 0 Å². The molecule has 1 N–H and O–H groups in total. The molecule has 0 spiro atoms. The first kappa shape index (κ1) is 23.5. The summed E-state index contributed by atoms with van der Waals surface area (Å²) in [6, 6.07) is 7.64. The van der Waals surface area contributed by atoms with Gasteiger partial charge in [-0.15, -0.1) is 0 Å². The zero-order valence-corrected chi connectivity index (χ0v) is 19.4. The average molecular weight is 461 g/mol. The molecule has 1 aromatic carbocycles. The molecular weight excluding hydrogens is 428 g/mol. The first-order valence-corrected chi connectivity index (χ1v) is 11.6. The minimum absolute atomic E-state index is 0.139. The highest BCUT2D eigenvalue weighted by atomic mass is 79.9. The number of carbonyl (C=O) groups is 1. The van der Waals surface area contributed by atoms with E-state index in [2.05, 4.69) is 32.8 Å². The van der Waals surface area contributed by atoms with Crippen LogP contribution in [0, 0.1) is 0 Å². The fraction of sp³-hybridized carbons (Fsp3) is 0.542. The third-order valence-electron chi connectivity index (χ3n) is 5.70. The van der Waals surface area contributed by atoms with E-state index in [1.807, 2.05) is 43.6 Å². The van der Waals surface area contributed by atoms with Crippen molar-refractivity contribution in [3.05, 3.63) is 47.9 Å². The van der Waals surface area contributed by atoms with E-state index < -0.39 is 11.4 Å². The quantitative estimate of drug-likeness (QED) is 0.287. The Morgan fingerprint density at radius 2 is 1.69 bits per heavy atom. The molecule has 5 heteroatoms. The largest absolute Gasteiger partial charge is 0.481 e. The number of benzene rings is 1. The summed E-state index contributed by atoms with van der Waals surface area (Å²) in [7, 11) is 0. The van der Waals surface area contributed by atoms with Crippen molar-refractivity contribution in [1.82, 2.24) is 9.97 Å². The van der Waals surface area contributed by atoms with E-state index in [9.17, 15) is 9.90 Å². The topological polar surface area (TPSA) is 63.1 Å². The zero-order valence-electron chi connectivity index (χ0n) is 17.8. The lowest BCUT2D eigenvalue weighted by atomic mass is 9.78. The highest BCUT2D eigenvalue weighted by molar-refractivity contribution is 9.09. The van der Waals surface area contributed by atoms with Crippen molar-refractivity contribution >= 4 is 21.9 Å². The van der Waals surface area contributed by atoms with Crippen LogP contribution in [0.3, 0.4) is 0 Å². The third-order valence-corrected chi connectivity index (χ3v) is 7.26. The maximum absolute atomic E-state index is 11.9. The number of aromatic nitrogens is 2. The maximum Gasteiger partial charge on any atom is 0.314 e. The molecule has 2 aromatic rings. The van der Waals surface area contributed by atoms with Crippen molar-refractivity contribution in [2.24, 2.45) is 0 Å². The van der Waals surface area contributed by atoms with Crippen molar-refractivity contribution in [3.63, 3.8) is 0 Å². The molecule has 0 bridgehead atoms. The van der Waals surface area contributed by atoms with Gasteiger partial charge in [0.1, 0.15) is 5.41 Å². The van der Waals surface area contributed by atoms with Gasteiger partial charge in [0.05, 0.1) is 17.6 Å². The Morgan fingerprint density at radius 3 is 2.24 bits per heavy atom. The first-order valence-electron chi connectivity index (χ1n) is 10.7. The summed E-state index contributed by atoms with van der Waals surface area (Å²) in [5.74, 6) is -0.826. The van der Waals surface area contributed by atoms with Crippen LogP contribution in [0.1, 0.15) is 77.0 Å². The number of hydrogen-bond donors (Lipinski definition) is 1. The molecule has 0 saturated carbocycles. The van der Waals surface area contributed by atoms with Gasteiger partial charge < -0.3 is 5.11 Å². The van der Waals surface area contributed by atoms with Crippen LogP contribution in [0.5, 0.6) is 0 Å². The van der Waals surface area contributed by atoms with Gasteiger partial charge in [0.15, 0.2) is 0 Å². The van der Waals surface area contributed by atoms with E-state index >= 15 is 0 Å². The molecule has 0 aliphatic carbocycles. The van der Waals surface area contributed by atoms with Crippen LogP contribution in [-0.4, -0.2) is 25.9 Å². The molecule has 0 aliphatic heterocycles. The smallest absolute Gasteiger partial charge is 0.314 e. The molecule has 0 fully saturated rings. The number of hydrogen-bond acceptors (Lipinski definition) is 3. The van der Waals surface area contributed by atoms with Gasteiger partial charge in [0.2, 0.25) is 0 Å². The highest BCUT2D eigenvalue weighted by Crippen LogP contribution is 2.35. The lowest BCUT2D eigenvalue weighted by Gasteiger charge is -2.30. The number of unbranched alkanes of at least 4 members (excludes halogenated alkanes) is 5. The molecule has 2 atom stereocenters. The zero-order chi connectivity index (χ0) is 21.3. The summed E-state index contributed by atoms with van der Waals surface area (Å²) < 4.78 is 0. The third kappa shape index (κ3) is 6.11. The maximum atomic E-state index is 11.9. The van der Waals surface area contributed by atoms with Gasteiger partial charge in [-0.1, -0.05) is 86.1 Å². The molecule has 4 nitrogen and oxygen atoms in total. The van der Waals surface area contributed by atoms with Gasteiger partial charge in [0, 0.05) is 16.6 Å². The van der Waals surface area contributed by atoms with Crippen LogP contribution in [0.15, 0.2) is 36.7 Å². The number of halogens is 1. The summed E-state index contributed by atoms with van der Waals surface area (Å²) in [6.45, 7) is 5.99. The van der Waals surface area contributed by atoms with E-state index in [0.29, 0.717) is 0 Å².